The van der Waals surface area contributed by atoms with Crippen molar-refractivity contribution in [3.63, 3.8) is 0 Å². The molecule has 0 fully saturated rings. The summed E-state index contributed by atoms with van der Waals surface area (Å²) in [7, 11) is 0. The van der Waals surface area contributed by atoms with E-state index in [0.29, 0.717) is 18.7 Å². The van der Waals surface area contributed by atoms with Crippen molar-refractivity contribution in [2.24, 2.45) is 5.73 Å². The Kier molecular flexibility index (Phi) is 4.65. The molecule has 0 saturated heterocycles. The van der Waals surface area contributed by atoms with Gasteiger partial charge < -0.3 is 5.73 Å². The van der Waals surface area contributed by atoms with Crippen molar-refractivity contribution in [1.29, 1.82) is 0 Å². The van der Waals surface area contributed by atoms with Crippen LogP contribution in [0.25, 0.3) is 0 Å². The van der Waals surface area contributed by atoms with E-state index in [2.05, 4.69) is 11.6 Å². The molecule has 0 aromatic carbocycles. The quantitative estimate of drug-likeness (QED) is 0.595. The Morgan fingerprint density at radius 2 is 2.33 bits per heavy atom. The zero-order valence-corrected chi connectivity index (χ0v) is 9.77. The minimum Gasteiger partial charge on any atom is -0.330 e. The first-order valence-electron chi connectivity index (χ1n) is 4.95. The molecule has 3 nitrogen and oxygen atoms in total. The van der Waals surface area contributed by atoms with Crippen LogP contribution in [-0.4, -0.2) is 17.3 Å². The number of nitrogens with two attached hydrogens (primary N) is 1. The van der Waals surface area contributed by atoms with Gasteiger partial charge in [0.1, 0.15) is 5.69 Å². The fraction of sp³-hybridized carbons (Fsp3) is 0.455. The lowest BCUT2D eigenvalue weighted by molar-refractivity contribution is 0.0978. The minimum absolute atomic E-state index is 0.0949. The van der Waals surface area contributed by atoms with Crippen molar-refractivity contribution < 1.29 is 4.79 Å². The molecule has 0 atom stereocenters. The maximum absolute atomic E-state index is 11.6. The van der Waals surface area contributed by atoms with Gasteiger partial charge in [-0.2, -0.15) is 0 Å². The molecule has 0 aliphatic rings. The SMILES string of the molecule is C=C(C)CCC(=O)c1csc(CCN)n1. The van der Waals surface area contributed by atoms with Crippen LogP contribution in [0.1, 0.15) is 35.3 Å². The molecule has 2 N–H and O–H groups in total. The maximum Gasteiger partial charge on any atom is 0.182 e. The van der Waals surface area contributed by atoms with Gasteiger partial charge in [0.05, 0.1) is 5.01 Å². The van der Waals surface area contributed by atoms with Crippen LogP contribution in [0.4, 0.5) is 0 Å². The maximum atomic E-state index is 11.6. The van der Waals surface area contributed by atoms with Crippen molar-refractivity contribution >= 4 is 17.1 Å². The molecule has 1 heterocycles. The standard InChI is InChI=1S/C11H16N2OS/c1-8(2)3-4-10(14)9-7-15-11(13-9)5-6-12/h7H,1,3-6,12H2,2H3. The second-order valence-electron chi connectivity index (χ2n) is 3.55. The van der Waals surface area contributed by atoms with Crippen LogP contribution in [0, 0.1) is 0 Å². The molecule has 15 heavy (non-hydrogen) atoms. The first-order chi connectivity index (χ1) is 7.13. The first-order valence-corrected chi connectivity index (χ1v) is 5.83. The van der Waals surface area contributed by atoms with Crippen molar-refractivity contribution in [1.82, 2.24) is 4.98 Å². The molecule has 1 aromatic rings. The number of ketones is 1. The third-order valence-electron chi connectivity index (χ3n) is 1.97. The van der Waals surface area contributed by atoms with Gasteiger partial charge >= 0.3 is 0 Å². The number of hydrogen-bond donors (Lipinski definition) is 1. The largest absolute Gasteiger partial charge is 0.330 e. The Morgan fingerprint density at radius 1 is 1.60 bits per heavy atom. The minimum atomic E-state index is 0.0949. The molecule has 0 unspecified atom stereocenters. The second kappa shape index (κ2) is 5.78. The first kappa shape index (κ1) is 12.1. The zero-order chi connectivity index (χ0) is 11.3. The number of carbonyl (C=O) groups is 1. The summed E-state index contributed by atoms with van der Waals surface area (Å²) < 4.78 is 0. The number of Topliss-reactive ketones (excluding diaryl/α,β-unsaturated/α-hetero) is 1. The van der Waals surface area contributed by atoms with Gasteiger partial charge in [-0.25, -0.2) is 4.98 Å². The number of allylic oxidation sites excluding steroid dienone is 1. The smallest absolute Gasteiger partial charge is 0.182 e. The highest BCUT2D eigenvalue weighted by molar-refractivity contribution is 7.09. The van der Waals surface area contributed by atoms with Crippen LogP contribution >= 0.6 is 11.3 Å². The molecule has 0 aliphatic carbocycles. The van der Waals surface area contributed by atoms with E-state index in [0.717, 1.165) is 23.4 Å². The summed E-state index contributed by atoms with van der Waals surface area (Å²) in [6.45, 7) is 6.27. The Hall–Kier alpha value is -1.00. The summed E-state index contributed by atoms with van der Waals surface area (Å²) in [6, 6.07) is 0. The Labute approximate surface area is 94.0 Å². The van der Waals surface area contributed by atoms with E-state index in [-0.39, 0.29) is 5.78 Å². The number of thiazole rings is 1. The molecule has 0 aliphatic heterocycles. The molecule has 1 aromatic heterocycles. The van der Waals surface area contributed by atoms with Crippen LogP contribution in [-0.2, 0) is 6.42 Å². The summed E-state index contributed by atoms with van der Waals surface area (Å²) in [5, 5.41) is 2.75. The van der Waals surface area contributed by atoms with Gasteiger partial charge in [-0.3, -0.25) is 4.79 Å². The number of nitrogens with zero attached hydrogens (tertiary/aromatic N) is 1. The second-order valence-corrected chi connectivity index (χ2v) is 4.49. The molecule has 4 heteroatoms. The lowest BCUT2D eigenvalue weighted by atomic mass is 10.1. The van der Waals surface area contributed by atoms with E-state index < -0.39 is 0 Å². The van der Waals surface area contributed by atoms with Crippen molar-refractivity contribution in [3.8, 4) is 0 Å². The van der Waals surface area contributed by atoms with Gasteiger partial charge in [-0.15, -0.1) is 17.9 Å². The van der Waals surface area contributed by atoms with Crippen molar-refractivity contribution in [3.05, 3.63) is 28.2 Å². The van der Waals surface area contributed by atoms with Crippen molar-refractivity contribution in [2.75, 3.05) is 6.54 Å². The monoisotopic (exact) mass is 224 g/mol. The van der Waals surface area contributed by atoms with Gasteiger partial charge in [0.15, 0.2) is 5.78 Å². The Bertz CT molecular complexity index is 357. The van der Waals surface area contributed by atoms with E-state index in [4.69, 9.17) is 5.73 Å². The van der Waals surface area contributed by atoms with Crippen LogP contribution in [0.3, 0.4) is 0 Å². The molecule has 82 valence electrons. The fourth-order valence-electron chi connectivity index (χ4n) is 1.13. The van der Waals surface area contributed by atoms with Crippen molar-refractivity contribution in [2.45, 2.75) is 26.2 Å². The van der Waals surface area contributed by atoms with E-state index in [1.54, 1.807) is 0 Å². The predicted octanol–water partition coefficient (Wildman–Crippen LogP) is 2.18. The molecular formula is C11H16N2OS. The number of carbonyl (C=O) groups excluding carboxylic acids is 1. The van der Waals surface area contributed by atoms with E-state index in [9.17, 15) is 4.79 Å². The van der Waals surface area contributed by atoms with Gasteiger partial charge in [0.2, 0.25) is 0 Å². The van der Waals surface area contributed by atoms with E-state index >= 15 is 0 Å². The molecule has 0 radical (unpaired) electrons. The van der Waals surface area contributed by atoms with Crippen LogP contribution < -0.4 is 5.73 Å². The molecule has 0 saturated carbocycles. The normalized spacial score (nSPS) is 10.3. The molecule has 0 amide bonds. The van der Waals surface area contributed by atoms with Gasteiger partial charge in [0, 0.05) is 18.2 Å². The van der Waals surface area contributed by atoms with Gasteiger partial charge in [0.25, 0.3) is 0 Å². The van der Waals surface area contributed by atoms with Gasteiger partial charge in [-0.1, -0.05) is 5.57 Å². The summed E-state index contributed by atoms with van der Waals surface area (Å²) in [6.07, 6.45) is 1.99. The average molecular weight is 224 g/mol. The lowest BCUT2D eigenvalue weighted by Gasteiger charge is -1.96. The predicted molar refractivity (Wildman–Crippen MR) is 63.3 cm³/mol. The topological polar surface area (TPSA) is 56.0 Å². The molecule has 0 bridgehead atoms. The van der Waals surface area contributed by atoms with Gasteiger partial charge in [-0.05, 0) is 19.9 Å². The zero-order valence-electron chi connectivity index (χ0n) is 8.95. The van der Waals surface area contributed by atoms with E-state index in [1.165, 1.54) is 11.3 Å². The number of rotatable bonds is 6. The highest BCUT2D eigenvalue weighted by atomic mass is 32.1. The molecule has 0 spiro atoms. The summed E-state index contributed by atoms with van der Waals surface area (Å²) in [5.74, 6) is 0.0949. The highest BCUT2D eigenvalue weighted by Crippen LogP contribution is 2.13. The van der Waals surface area contributed by atoms with E-state index in [1.807, 2.05) is 12.3 Å². The highest BCUT2D eigenvalue weighted by Gasteiger charge is 2.09. The van der Waals surface area contributed by atoms with Crippen LogP contribution in [0.5, 0.6) is 0 Å². The average Bonchev–Trinajstić information content (AvgIpc) is 2.63. The fourth-order valence-corrected chi connectivity index (χ4v) is 1.95. The summed E-state index contributed by atoms with van der Waals surface area (Å²) in [4.78, 5) is 15.9. The summed E-state index contributed by atoms with van der Waals surface area (Å²) >= 11 is 1.50. The number of hydrogen-bond acceptors (Lipinski definition) is 4. The molecular weight excluding hydrogens is 208 g/mol. The molecule has 1 rings (SSSR count). The lowest BCUT2D eigenvalue weighted by Crippen LogP contribution is -2.04. The van der Waals surface area contributed by atoms with Crippen LogP contribution in [0.2, 0.25) is 0 Å². The third-order valence-corrected chi connectivity index (χ3v) is 2.88. The Morgan fingerprint density at radius 3 is 2.93 bits per heavy atom. The number of aromatic nitrogens is 1. The Balaban J connectivity index is 2.54. The van der Waals surface area contributed by atoms with Crippen LogP contribution in [0.15, 0.2) is 17.5 Å². The third kappa shape index (κ3) is 3.93. The summed E-state index contributed by atoms with van der Waals surface area (Å²) in [5.41, 5.74) is 7.02.